The summed E-state index contributed by atoms with van der Waals surface area (Å²) in [5.41, 5.74) is 0.327. The molecule has 4 atom stereocenters. The van der Waals surface area contributed by atoms with Crippen molar-refractivity contribution in [1.82, 2.24) is 15.1 Å². The first-order chi connectivity index (χ1) is 16.5. The lowest BCUT2D eigenvalue weighted by Gasteiger charge is -2.28. The maximum Gasteiger partial charge on any atom is 0.319 e. The van der Waals surface area contributed by atoms with E-state index in [2.05, 4.69) is 37.5 Å². The van der Waals surface area contributed by atoms with Crippen molar-refractivity contribution in [1.29, 1.82) is 0 Å². The maximum atomic E-state index is 11.5. The number of benzene rings is 1. The summed E-state index contributed by atoms with van der Waals surface area (Å²) in [6.07, 6.45) is 4.64. The van der Waals surface area contributed by atoms with Crippen LogP contribution >= 0.6 is 20.1 Å². The van der Waals surface area contributed by atoms with Crippen molar-refractivity contribution in [2.45, 2.75) is 44.1 Å². The molecule has 10 nitrogen and oxygen atoms in total. The number of anilines is 3. The number of aromatic nitrogens is 2. The molecule has 34 heavy (non-hydrogen) atoms. The zero-order valence-corrected chi connectivity index (χ0v) is 20.7. The van der Waals surface area contributed by atoms with Gasteiger partial charge in [-0.3, -0.25) is 0 Å². The van der Waals surface area contributed by atoms with Gasteiger partial charge in [0.25, 0.3) is 0 Å². The first-order valence-electron chi connectivity index (χ1n) is 11.3. The summed E-state index contributed by atoms with van der Waals surface area (Å²) < 4.78 is 18.6. The highest BCUT2D eigenvalue weighted by Gasteiger charge is 2.46. The SMILES string of the molecule is CNc1ncnc2c1NCN2C1OC(COP(NC2(C=O)CC2)Oc2ccc(Cl)cc2)CC1C. The smallest absolute Gasteiger partial charge is 0.319 e. The van der Waals surface area contributed by atoms with Crippen LogP contribution in [0.3, 0.4) is 0 Å². The predicted molar refractivity (Wildman–Crippen MR) is 131 cm³/mol. The Morgan fingerprint density at radius 3 is 2.85 bits per heavy atom. The van der Waals surface area contributed by atoms with E-state index in [-0.39, 0.29) is 18.2 Å². The van der Waals surface area contributed by atoms with E-state index in [1.807, 2.05) is 7.05 Å². The molecule has 1 saturated heterocycles. The first kappa shape index (κ1) is 23.5. The van der Waals surface area contributed by atoms with Gasteiger partial charge in [0.1, 0.15) is 30.3 Å². The van der Waals surface area contributed by atoms with E-state index in [4.69, 9.17) is 25.4 Å². The van der Waals surface area contributed by atoms with Crippen LogP contribution in [-0.2, 0) is 14.1 Å². The molecule has 3 aliphatic rings. The fraction of sp³-hybridized carbons (Fsp3) is 0.500. The highest BCUT2D eigenvalue weighted by Crippen LogP contribution is 2.46. The molecule has 1 saturated carbocycles. The van der Waals surface area contributed by atoms with Gasteiger partial charge in [-0.1, -0.05) is 18.5 Å². The topological polar surface area (TPSA) is 110 Å². The number of carbonyl (C=O) groups is 1. The minimum absolute atomic E-state index is 0.110. The molecule has 3 heterocycles. The van der Waals surface area contributed by atoms with Gasteiger partial charge in [0.15, 0.2) is 11.6 Å². The number of carbonyl (C=O) groups excluding carboxylic acids is 1. The number of aldehydes is 1. The van der Waals surface area contributed by atoms with Gasteiger partial charge in [-0.25, -0.2) is 15.1 Å². The molecule has 0 amide bonds. The third-order valence-electron chi connectivity index (χ3n) is 6.23. The van der Waals surface area contributed by atoms with Crippen molar-refractivity contribution in [3.63, 3.8) is 0 Å². The Morgan fingerprint density at radius 1 is 1.35 bits per heavy atom. The largest absolute Gasteiger partial charge is 0.436 e. The van der Waals surface area contributed by atoms with Gasteiger partial charge >= 0.3 is 8.53 Å². The molecule has 2 fully saturated rings. The minimum atomic E-state index is -1.54. The third-order valence-corrected chi connectivity index (χ3v) is 7.87. The van der Waals surface area contributed by atoms with Crippen LogP contribution in [0.15, 0.2) is 30.6 Å². The molecular weight excluding hydrogens is 479 g/mol. The summed E-state index contributed by atoms with van der Waals surface area (Å²) in [4.78, 5) is 22.4. The molecule has 0 spiro atoms. The summed E-state index contributed by atoms with van der Waals surface area (Å²) in [7, 11) is 0.296. The minimum Gasteiger partial charge on any atom is -0.436 e. The predicted octanol–water partition coefficient (Wildman–Crippen LogP) is 3.76. The standard InChI is InChI=1S/C22H28ClN6O4P/c1-14-9-17(32-21(14)29-13-27-18-19(24-2)25-12-26-20(18)29)10-31-34(28-22(11-30)7-8-22)33-16-5-3-15(23)4-6-16/h3-6,11-12,14,17,21,27-28H,7-10,13H2,1-2H3,(H,24,25,26). The number of rotatable bonds is 10. The Kier molecular flexibility index (Phi) is 6.77. The highest BCUT2D eigenvalue weighted by molar-refractivity contribution is 7.45. The van der Waals surface area contributed by atoms with Crippen LogP contribution in [0.4, 0.5) is 17.3 Å². The van der Waals surface area contributed by atoms with Crippen molar-refractivity contribution < 1.29 is 18.6 Å². The fourth-order valence-corrected chi connectivity index (χ4v) is 5.74. The highest BCUT2D eigenvalue weighted by atomic mass is 35.5. The van der Waals surface area contributed by atoms with E-state index in [0.717, 1.165) is 42.9 Å². The lowest BCUT2D eigenvalue weighted by Crippen LogP contribution is -2.39. The second kappa shape index (κ2) is 9.79. The van der Waals surface area contributed by atoms with Gasteiger partial charge in [0.2, 0.25) is 0 Å². The average molecular weight is 507 g/mol. The Hall–Kier alpha value is -2.23. The summed E-state index contributed by atoms with van der Waals surface area (Å²) >= 11 is 5.98. The number of fused-ring (bicyclic) bond motifs is 1. The van der Waals surface area contributed by atoms with E-state index in [1.165, 1.54) is 0 Å². The van der Waals surface area contributed by atoms with Crippen LogP contribution in [0.1, 0.15) is 26.2 Å². The van der Waals surface area contributed by atoms with Crippen molar-refractivity contribution in [3.05, 3.63) is 35.6 Å². The number of halogens is 1. The van der Waals surface area contributed by atoms with Crippen molar-refractivity contribution in [3.8, 4) is 5.75 Å². The Morgan fingerprint density at radius 2 is 2.15 bits per heavy atom. The molecule has 1 aliphatic carbocycles. The zero-order chi connectivity index (χ0) is 23.7. The summed E-state index contributed by atoms with van der Waals surface area (Å²) in [5.74, 6) is 2.49. The molecule has 0 radical (unpaired) electrons. The van der Waals surface area contributed by atoms with Crippen LogP contribution in [0, 0.1) is 5.92 Å². The summed E-state index contributed by atoms with van der Waals surface area (Å²) in [5, 5.41) is 10.3. The first-order valence-corrected chi connectivity index (χ1v) is 12.9. The molecule has 2 aliphatic heterocycles. The van der Waals surface area contributed by atoms with Gasteiger partial charge in [0, 0.05) is 18.0 Å². The van der Waals surface area contributed by atoms with Crippen LogP contribution in [0.2, 0.25) is 5.02 Å². The molecule has 1 aromatic carbocycles. The van der Waals surface area contributed by atoms with Gasteiger partial charge in [-0.05, 0) is 43.5 Å². The van der Waals surface area contributed by atoms with Crippen molar-refractivity contribution in [2.24, 2.45) is 5.92 Å². The Labute approximate surface area is 204 Å². The summed E-state index contributed by atoms with van der Waals surface area (Å²) in [6.45, 7) is 3.11. The monoisotopic (exact) mass is 506 g/mol. The van der Waals surface area contributed by atoms with Gasteiger partial charge in [0.05, 0.1) is 24.9 Å². The normalized spacial score (nSPS) is 25.4. The van der Waals surface area contributed by atoms with Crippen molar-refractivity contribution in [2.75, 3.05) is 35.9 Å². The van der Waals surface area contributed by atoms with Gasteiger partial charge < -0.3 is 34.1 Å². The molecule has 12 heteroatoms. The Bertz CT molecular complexity index is 1030. The number of nitrogens with one attached hydrogen (secondary N) is 3. The molecule has 1 aromatic heterocycles. The second-order valence-electron chi connectivity index (χ2n) is 8.82. The van der Waals surface area contributed by atoms with Gasteiger partial charge in [-0.2, -0.15) is 0 Å². The van der Waals surface area contributed by atoms with E-state index in [0.29, 0.717) is 24.0 Å². The zero-order valence-electron chi connectivity index (χ0n) is 19.0. The number of nitrogens with zero attached hydrogens (tertiary/aromatic N) is 3. The average Bonchev–Trinajstić information content (AvgIpc) is 3.33. The molecule has 182 valence electrons. The molecule has 0 bridgehead atoms. The molecule has 2 aromatic rings. The molecule has 3 N–H and O–H groups in total. The van der Waals surface area contributed by atoms with Crippen molar-refractivity contribution >= 4 is 43.7 Å². The number of ether oxygens (including phenoxy) is 1. The fourth-order valence-electron chi connectivity index (χ4n) is 4.20. The lowest BCUT2D eigenvalue weighted by atomic mass is 10.1. The third kappa shape index (κ3) is 4.92. The second-order valence-corrected chi connectivity index (χ2v) is 10.4. The van der Waals surface area contributed by atoms with E-state index < -0.39 is 14.1 Å². The van der Waals surface area contributed by atoms with E-state index in [9.17, 15) is 4.79 Å². The quantitative estimate of drug-likeness (QED) is 0.325. The van der Waals surface area contributed by atoms with Crippen LogP contribution in [0.5, 0.6) is 5.75 Å². The molecule has 5 rings (SSSR count). The summed E-state index contributed by atoms with van der Waals surface area (Å²) in [6, 6.07) is 7.08. The molecule has 4 unspecified atom stereocenters. The van der Waals surface area contributed by atoms with Crippen LogP contribution in [-0.4, -0.2) is 54.4 Å². The Balaban J connectivity index is 1.22. The van der Waals surface area contributed by atoms with E-state index in [1.54, 1.807) is 30.6 Å². The lowest BCUT2D eigenvalue weighted by molar-refractivity contribution is -0.110. The number of hydrogen-bond acceptors (Lipinski definition) is 10. The molecular formula is C22H28ClN6O4P. The maximum absolute atomic E-state index is 11.5. The van der Waals surface area contributed by atoms with Gasteiger partial charge in [-0.15, -0.1) is 0 Å². The van der Waals surface area contributed by atoms with Crippen LogP contribution < -0.4 is 25.1 Å². The number of hydrogen-bond donors (Lipinski definition) is 3. The van der Waals surface area contributed by atoms with Crippen LogP contribution in [0.25, 0.3) is 0 Å². The van der Waals surface area contributed by atoms with E-state index >= 15 is 0 Å².